The summed E-state index contributed by atoms with van der Waals surface area (Å²) in [5, 5.41) is 4.08. The van der Waals surface area contributed by atoms with E-state index in [1.165, 1.54) is 11.8 Å². The standard InChI is InChI=1S/C11H17Br2N3OS2/c1-5-15(6-2)10(17)11(19-4)16-9(13)7(18-3)8(12)14-16/h11H,5-6H2,1-4H3. The first-order chi connectivity index (χ1) is 9.01. The summed E-state index contributed by atoms with van der Waals surface area (Å²) in [7, 11) is 0. The number of thioether (sulfide) groups is 2. The Hall–Kier alpha value is 0.340. The molecule has 1 amide bonds. The van der Waals surface area contributed by atoms with Gasteiger partial charge in [-0.25, -0.2) is 4.68 Å². The molecule has 0 radical (unpaired) electrons. The lowest BCUT2D eigenvalue weighted by atomic mass is 10.4. The first kappa shape index (κ1) is 17.4. The molecule has 0 aliphatic carbocycles. The zero-order valence-corrected chi connectivity index (χ0v) is 16.1. The van der Waals surface area contributed by atoms with Gasteiger partial charge in [0.25, 0.3) is 5.91 Å². The second-order valence-electron chi connectivity index (χ2n) is 3.66. The molecule has 1 heterocycles. The van der Waals surface area contributed by atoms with Crippen LogP contribution in [0.1, 0.15) is 19.2 Å². The third kappa shape index (κ3) is 3.71. The second-order valence-corrected chi connectivity index (χ2v) is 6.89. The largest absolute Gasteiger partial charge is 0.341 e. The van der Waals surface area contributed by atoms with Crippen LogP contribution in [0.2, 0.25) is 0 Å². The van der Waals surface area contributed by atoms with E-state index in [1.54, 1.807) is 16.4 Å². The number of carbonyl (C=O) groups excluding carboxylic acids is 1. The molecule has 0 spiro atoms. The number of likely N-dealkylation sites (N-methyl/N-ethyl adjacent to an activating group) is 1. The molecular weight excluding hydrogens is 414 g/mol. The predicted octanol–water partition coefficient (Wildman–Crippen LogP) is 3.86. The van der Waals surface area contributed by atoms with Gasteiger partial charge in [0.2, 0.25) is 0 Å². The quantitative estimate of drug-likeness (QED) is 0.642. The monoisotopic (exact) mass is 429 g/mol. The highest BCUT2D eigenvalue weighted by atomic mass is 79.9. The molecule has 0 aromatic carbocycles. The average Bonchev–Trinajstić information content (AvgIpc) is 2.67. The van der Waals surface area contributed by atoms with Crippen molar-refractivity contribution in [1.82, 2.24) is 14.7 Å². The van der Waals surface area contributed by atoms with E-state index in [0.717, 1.165) is 14.1 Å². The van der Waals surface area contributed by atoms with Crippen molar-refractivity contribution in [3.05, 3.63) is 9.21 Å². The van der Waals surface area contributed by atoms with Crippen molar-refractivity contribution in [3.8, 4) is 0 Å². The van der Waals surface area contributed by atoms with Crippen molar-refractivity contribution in [2.75, 3.05) is 25.6 Å². The van der Waals surface area contributed by atoms with Crippen LogP contribution < -0.4 is 0 Å². The average molecular weight is 431 g/mol. The van der Waals surface area contributed by atoms with E-state index in [-0.39, 0.29) is 11.3 Å². The van der Waals surface area contributed by atoms with Gasteiger partial charge in [0, 0.05) is 13.1 Å². The Morgan fingerprint density at radius 3 is 2.32 bits per heavy atom. The minimum atomic E-state index is -0.341. The van der Waals surface area contributed by atoms with E-state index in [9.17, 15) is 4.79 Å². The molecule has 1 aromatic rings. The number of nitrogens with zero attached hydrogens (tertiary/aromatic N) is 3. The summed E-state index contributed by atoms with van der Waals surface area (Å²) in [5.74, 6) is 0.0841. The maximum Gasteiger partial charge on any atom is 0.257 e. The summed E-state index contributed by atoms with van der Waals surface area (Å²) in [4.78, 5) is 15.3. The van der Waals surface area contributed by atoms with E-state index >= 15 is 0 Å². The molecule has 19 heavy (non-hydrogen) atoms. The Balaban J connectivity index is 3.13. The zero-order valence-electron chi connectivity index (χ0n) is 11.3. The number of amides is 1. The number of hydrogen-bond acceptors (Lipinski definition) is 4. The predicted molar refractivity (Wildman–Crippen MR) is 89.9 cm³/mol. The van der Waals surface area contributed by atoms with Gasteiger partial charge in [0.05, 0.1) is 4.90 Å². The molecule has 0 fully saturated rings. The number of rotatable bonds is 6. The van der Waals surface area contributed by atoms with Gasteiger partial charge >= 0.3 is 0 Å². The minimum Gasteiger partial charge on any atom is -0.341 e. The van der Waals surface area contributed by atoms with Crippen molar-refractivity contribution in [2.24, 2.45) is 0 Å². The third-order valence-electron chi connectivity index (χ3n) is 2.71. The second kappa shape index (κ2) is 7.95. The lowest BCUT2D eigenvalue weighted by molar-refractivity contribution is -0.132. The highest BCUT2D eigenvalue weighted by Gasteiger charge is 2.28. The fourth-order valence-electron chi connectivity index (χ4n) is 1.69. The van der Waals surface area contributed by atoms with Gasteiger partial charge < -0.3 is 4.90 Å². The summed E-state index contributed by atoms with van der Waals surface area (Å²) >= 11 is 10.0. The number of hydrogen-bond donors (Lipinski definition) is 0. The van der Waals surface area contributed by atoms with Gasteiger partial charge in [0.15, 0.2) is 5.37 Å². The molecule has 0 saturated carbocycles. The van der Waals surface area contributed by atoms with Crippen molar-refractivity contribution < 1.29 is 4.79 Å². The Morgan fingerprint density at radius 1 is 1.37 bits per heavy atom. The Kier molecular flexibility index (Phi) is 7.28. The summed E-state index contributed by atoms with van der Waals surface area (Å²) in [5.41, 5.74) is 0. The maximum absolute atomic E-state index is 12.5. The van der Waals surface area contributed by atoms with Gasteiger partial charge in [-0.15, -0.1) is 23.5 Å². The van der Waals surface area contributed by atoms with E-state index in [0.29, 0.717) is 13.1 Å². The van der Waals surface area contributed by atoms with Crippen LogP contribution in [0.5, 0.6) is 0 Å². The molecule has 0 aliphatic rings. The van der Waals surface area contributed by atoms with Gasteiger partial charge in [-0.1, -0.05) is 0 Å². The van der Waals surface area contributed by atoms with Crippen LogP contribution in [0.15, 0.2) is 14.1 Å². The summed E-state index contributed by atoms with van der Waals surface area (Å²) < 4.78 is 3.34. The van der Waals surface area contributed by atoms with Crippen molar-refractivity contribution in [1.29, 1.82) is 0 Å². The van der Waals surface area contributed by atoms with Crippen LogP contribution in [-0.2, 0) is 4.79 Å². The smallest absolute Gasteiger partial charge is 0.257 e. The molecule has 1 aromatic heterocycles. The molecular formula is C11H17Br2N3OS2. The number of aromatic nitrogens is 2. The summed E-state index contributed by atoms with van der Waals surface area (Å²) in [6, 6.07) is 0. The topological polar surface area (TPSA) is 38.1 Å². The Bertz CT molecular complexity index is 449. The van der Waals surface area contributed by atoms with E-state index < -0.39 is 0 Å². The molecule has 8 heteroatoms. The lowest BCUT2D eigenvalue weighted by Crippen LogP contribution is -2.36. The fourth-order valence-corrected chi connectivity index (χ4v) is 5.07. The van der Waals surface area contributed by atoms with Gasteiger partial charge in [-0.05, 0) is 58.2 Å². The van der Waals surface area contributed by atoms with Crippen molar-refractivity contribution in [2.45, 2.75) is 24.1 Å². The highest BCUT2D eigenvalue weighted by molar-refractivity contribution is 9.11. The van der Waals surface area contributed by atoms with Crippen LogP contribution in [0.4, 0.5) is 0 Å². The molecule has 0 saturated heterocycles. The molecule has 0 bridgehead atoms. The van der Waals surface area contributed by atoms with E-state index in [1.807, 2.05) is 31.3 Å². The summed E-state index contributed by atoms with van der Waals surface area (Å²) in [6.45, 7) is 5.39. The molecule has 0 aliphatic heterocycles. The first-order valence-electron chi connectivity index (χ1n) is 5.80. The van der Waals surface area contributed by atoms with E-state index in [4.69, 9.17) is 0 Å². The fraction of sp³-hybridized carbons (Fsp3) is 0.636. The molecule has 1 atom stereocenters. The van der Waals surface area contributed by atoms with Crippen LogP contribution in [-0.4, -0.2) is 46.2 Å². The first-order valence-corrected chi connectivity index (χ1v) is 9.90. The van der Waals surface area contributed by atoms with Gasteiger partial charge in [-0.2, -0.15) is 5.10 Å². The van der Waals surface area contributed by atoms with Crippen molar-refractivity contribution >= 4 is 61.3 Å². The normalized spacial score (nSPS) is 12.5. The lowest BCUT2D eigenvalue weighted by Gasteiger charge is -2.24. The molecule has 0 N–H and O–H groups in total. The third-order valence-corrected chi connectivity index (χ3v) is 6.19. The van der Waals surface area contributed by atoms with Crippen LogP contribution in [0, 0.1) is 0 Å². The van der Waals surface area contributed by atoms with Gasteiger partial charge in [0.1, 0.15) is 9.21 Å². The summed E-state index contributed by atoms with van der Waals surface area (Å²) in [6.07, 6.45) is 3.91. The van der Waals surface area contributed by atoms with Crippen LogP contribution >= 0.6 is 55.4 Å². The Labute approximate surface area is 139 Å². The molecule has 4 nitrogen and oxygen atoms in total. The van der Waals surface area contributed by atoms with Gasteiger partial charge in [-0.3, -0.25) is 4.79 Å². The highest BCUT2D eigenvalue weighted by Crippen LogP contribution is 2.37. The molecule has 1 unspecified atom stereocenters. The van der Waals surface area contributed by atoms with Crippen LogP contribution in [0.25, 0.3) is 0 Å². The Morgan fingerprint density at radius 2 is 1.95 bits per heavy atom. The molecule has 108 valence electrons. The number of halogens is 2. The zero-order chi connectivity index (χ0) is 14.6. The maximum atomic E-state index is 12.5. The molecule has 1 rings (SSSR count). The SMILES string of the molecule is CCN(CC)C(=O)C(SC)n1nc(Br)c(SC)c1Br. The van der Waals surface area contributed by atoms with E-state index in [2.05, 4.69) is 37.0 Å². The van der Waals surface area contributed by atoms with Crippen molar-refractivity contribution in [3.63, 3.8) is 0 Å². The number of carbonyl (C=O) groups is 1. The minimum absolute atomic E-state index is 0.0841. The van der Waals surface area contributed by atoms with Crippen LogP contribution in [0.3, 0.4) is 0 Å².